The first kappa shape index (κ1) is 13.1. The number of esters is 1. The molecule has 2 aromatic rings. The highest BCUT2D eigenvalue weighted by molar-refractivity contribution is 5.98. The van der Waals surface area contributed by atoms with Crippen LogP contribution in [0.4, 0.5) is 0 Å². The number of carbonyl (C=O) groups excluding carboxylic acids is 1. The van der Waals surface area contributed by atoms with Gasteiger partial charge in [0.1, 0.15) is 11.5 Å². The standard InChI is InChI=1S/C16H16O3/c1-9(2)16(18)19-15-11(4)8-14(17)13-7-10(3)5-6-12(13)15/h5-8,17H,1H2,2-4H3. The topological polar surface area (TPSA) is 46.5 Å². The fraction of sp³-hybridized carbons (Fsp3) is 0.188. The minimum Gasteiger partial charge on any atom is -0.507 e. The lowest BCUT2D eigenvalue weighted by Crippen LogP contribution is -2.09. The molecule has 0 fully saturated rings. The molecule has 0 saturated carbocycles. The molecule has 0 aliphatic carbocycles. The van der Waals surface area contributed by atoms with Crippen LogP contribution < -0.4 is 4.74 Å². The van der Waals surface area contributed by atoms with Gasteiger partial charge in [0.2, 0.25) is 0 Å². The highest BCUT2D eigenvalue weighted by Gasteiger charge is 2.14. The quantitative estimate of drug-likeness (QED) is 0.507. The number of aromatic hydroxyl groups is 1. The van der Waals surface area contributed by atoms with E-state index in [1.165, 1.54) is 0 Å². The number of benzene rings is 2. The number of carbonyl (C=O) groups is 1. The highest BCUT2D eigenvalue weighted by Crippen LogP contribution is 2.36. The molecule has 0 amide bonds. The molecule has 0 aromatic heterocycles. The lowest BCUT2D eigenvalue weighted by molar-refractivity contribution is -0.130. The number of rotatable bonds is 2. The van der Waals surface area contributed by atoms with Gasteiger partial charge in [0.15, 0.2) is 0 Å². The summed E-state index contributed by atoms with van der Waals surface area (Å²) in [6.07, 6.45) is 0. The van der Waals surface area contributed by atoms with Gasteiger partial charge in [-0.1, -0.05) is 24.3 Å². The maximum Gasteiger partial charge on any atom is 0.338 e. The van der Waals surface area contributed by atoms with Crippen molar-refractivity contribution in [3.05, 3.63) is 47.5 Å². The molecule has 3 nitrogen and oxygen atoms in total. The molecule has 2 rings (SSSR count). The highest BCUT2D eigenvalue weighted by atomic mass is 16.5. The molecule has 1 N–H and O–H groups in total. The average Bonchev–Trinajstić information content (AvgIpc) is 2.34. The van der Waals surface area contributed by atoms with E-state index in [1.807, 2.05) is 25.1 Å². The fourth-order valence-electron chi connectivity index (χ4n) is 1.94. The second-order valence-electron chi connectivity index (χ2n) is 4.76. The zero-order chi connectivity index (χ0) is 14.2. The van der Waals surface area contributed by atoms with Crippen LogP contribution in [0.1, 0.15) is 18.1 Å². The lowest BCUT2D eigenvalue weighted by atomic mass is 10.0. The van der Waals surface area contributed by atoms with Crippen molar-refractivity contribution in [3.8, 4) is 11.5 Å². The van der Waals surface area contributed by atoms with E-state index in [4.69, 9.17) is 4.74 Å². The van der Waals surface area contributed by atoms with Crippen LogP contribution in [-0.4, -0.2) is 11.1 Å². The van der Waals surface area contributed by atoms with Crippen molar-refractivity contribution in [1.82, 2.24) is 0 Å². The van der Waals surface area contributed by atoms with Gasteiger partial charge in [0.05, 0.1) is 0 Å². The van der Waals surface area contributed by atoms with Gasteiger partial charge in [-0.3, -0.25) is 0 Å². The Morgan fingerprint density at radius 1 is 1.21 bits per heavy atom. The molecule has 0 atom stereocenters. The average molecular weight is 256 g/mol. The van der Waals surface area contributed by atoms with Crippen molar-refractivity contribution >= 4 is 16.7 Å². The monoisotopic (exact) mass is 256 g/mol. The summed E-state index contributed by atoms with van der Waals surface area (Å²) in [4.78, 5) is 11.7. The van der Waals surface area contributed by atoms with Crippen LogP contribution in [0.25, 0.3) is 10.8 Å². The smallest absolute Gasteiger partial charge is 0.338 e. The van der Waals surface area contributed by atoms with Gasteiger partial charge >= 0.3 is 5.97 Å². The van der Waals surface area contributed by atoms with E-state index in [1.54, 1.807) is 19.9 Å². The number of phenols is 1. The molecular weight excluding hydrogens is 240 g/mol. The molecule has 3 heteroatoms. The molecule has 0 aliphatic rings. The first-order valence-electron chi connectivity index (χ1n) is 6.00. The second kappa shape index (κ2) is 4.76. The van der Waals surface area contributed by atoms with Crippen LogP contribution in [0.15, 0.2) is 36.4 Å². The number of aryl methyl sites for hydroxylation is 2. The molecule has 2 aromatic carbocycles. The Labute approximate surface area is 112 Å². The van der Waals surface area contributed by atoms with Crippen LogP contribution in [0.3, 0.4) is 0 Å². The summed E-state index contributed by atoms with van der Waals surface area (Å²) >= 11 is 0. The minimum absolute atomic E-state index is 0.186. The van der Waals surface area contributed by atoms with Gasteiger partial charge in [-0.05, 0) is 38.5 Å². The van der Waals surface area contributed by atoms with E-state index >= 15 is 0 Å². The largest absolute Gasteiger partial charge is 0.507 e. The Morgan fingerprint density at radius 2 is 1.89 bits per heavy atom. The summed E-state index contributed by atoms with van der Waals surface area (Å²) in [5.41, 5.74) is 2.08. The summed E-state index contributed by atoms with van der Waals surface area (Å²) in [5, 5.41) is 11.4. The van der Waals surface area contributed by atoms with Crippen LogP contribution in [0, 0.1) is 13.8 Å². The summed E-state index contributed by atoms with van der Waals surface area (Å²) in [5.74, 6) is 0.197. The summed E-state index contributed by atoms with van der Waals surface area (Å²) in [7, 11) is 0. The minimum atomic E-state index is -0.462. The van der Waals surface area contributed by atoms with Crippen LogP contribution in [-0.2, 0) is 4.79 Å². The van der Waals surface area contributed by atoms with Crippen LogP contribution >= 0.6 is 0 Å². The normalized spacial score (nSPS) is 10.5. The molecular formula is C16H16O3. The van der Waals surface area contributed by atoms with Gasteiger partial charge in [0.25, 0.3) is 0 Å². The fourth-order valence-corrected chi connectivity index (χ4v) is 1.94. The van der Waals surface area contributed by atoms with E-state index in [2.05, 4.69) is 6.58 Å². The number of ether oxygens (including phenoxy) is 1. The SMILES string of the molecule is C=C(C)C(=O)Oc1c(C)cc(O)c2cc(C)ccc12. The lowest BCUT2D eigenvalue weighted by Gasteiger charge is -2.12. The Kier molecular flexibility index (Phi) is 3.30. The molecule has 19 heavy (non-hydrogen) atoms. The molecule has 0 spiro atoms. The zero-order valence-electron chi connectivity index (χ0n) is 11.3. The summed E-state index contributed by atoms with van der Waals surface area (Å²) < 4.78 is 5.37. The van der Waals surface area contributed by atoms with Crippen LogP contribution in [0.2, 0.25) is 0 Å². The maximum absolute atomic E-state index is 11.7. The molecule has 0 heterocycles. The predicted molar refractivity (Wildman–Crippen MR) is 75.5 cm³/mol. The van der Waals surface area contributed by atoms with Crippen molar-refractivity contribution in [1.29, 1.82) is 0 Å². The van der Waals surface area contributed by atoms with E-state index in [0.29, 0.717) is 22.3 Å². The van der Waals surface area contributed by atoms with Gasteiger partial charge < -0.3 is 9.84 Å². The van der Waals surface area contributed by atoms with Crippen molar-refractivity contribution in [2.45, 2.75) is 20.8 Å². The van der Waals surface area contributed by atoms with Crippen molar-refractivity contribution in [2.75, 3.05) is 0 Å². The third kappa shape index (κ3) is 2.45. The van der Waals surface area contributed by atoms with Crippen molar-refractivity contribution < 1.29 is 14.6 Å². The number of hydrogen-bond acceptors (Lipinski definition) is 3. The first-order chi connectivity index (χ1) is 8.90. The Hall–Kier alpha value is -2.29. The van der Waals surface area contributed by atoms with Crippen LogP contribution in [0.5, 0.6) is 11.5 Å². The molecule has 0 radical (unpaired) electrons. The van der Waals surface area contributed by atoms with E-state index < -0.39 is 5.97 Å². The molecule has 0 aliphatic heterocycles. The molecule has 98 valence electrons. The second-order valence-corrected chi connectivity index (χ2v) is 4.76. The summed E-state index contributed by atoms with van der Waals surface area (Å²) in [6, 6.07) is 7.22. The van der Waals surface area contributed by atoms with Gasteiger partial charge in [0, 0.05) is 16.3 Å². The molecule has 0 saturated heterocycles. The number of hydrogen-bond donors (Lipinski definition) is 1. The molecule has 0 unspecified atom stereocenters. The van der Waals surface area contributed by atoms with Crippen molar-refractivity contribution in [3.63, 3.8) is 0 Å². The zero-order valence-corrected chi connectivity index (χ0v) is 11.3. The van der Waals surface area contributed by atoms with Crippen molar-refractivity contribution in [2.24, 2.45) is 0 Å². The Bertz CT molecular complexity index is 684. The third-order valence-corrected chi connectivity index (χ3v) is 2.95. The third-order valence-electron chi connectivity index (χ3n) is 2.95. The Morgan fingerprint density at radius 3 is 2.53 bits per heavy atom. The van der Waals surface area contributed by atoms with Gasteiger partial charge in [-0.15, -0.1) is 0 Å². The number of fused-ring (bicyclic) bond motifs is 1. The molecule has 0 bridgehead atoms. The first-order valence-corrected chi connectivity index (χ1v) is 6.00. The van der Waals surface area contributed by atoms with Gasteiger partial charge in [-0.25, -0.2) is 4.79 Å². The van der Waals surface area contributed by atoms with Gasteiger partial charge in [-0.2, -0.15) is 0 Å². The summed E-state index contributed by atoms with van der Waals surface area (Å²) in [6.45, 7) is 8.90. The van der Waals surface area contributed by atoms with E-state index in [9.17, 15) is 9.90 Å². The van der Waals surface area contributed by atoms with E-state index in [0.717, 1.165) is 10.9 Å². The predicted octanol–water partition coefficient (Wildman–Crippen LogP) is 3.64. The maximum atomic E-state index is 11.7. The Balaban J connectivity index is 2.66. The van der Waals surface area contributed by atoms with E-state index in [-0.39, 0.29) is 5.75 Å². The number of phenolic OH excluding ortho intramolecular Hbond substituents is 1.